The summed E-state index contributed by atoms with van der Waals surface area (Å²) in [6, 6.07) is -2.60. The fourth-order valence-corrected chi connectivity index (χ4v) is 13.2. The molecule has 1 fully saturated rings. The van der Waals surface area contributed by atoms with E-state index < -0.39 is 300 Å². The molecule has 6 aromatic rings. The molecule has 60 nitrogen and oxygen atoms in total. The van der Waals surface area contributed by atoms with Gasteiger partial charge in [-0.2, -0.15) is 0 Å². The number of hydrogen-bond donors (Lipinski definition) is 0. The zero-order chi connectivity index (χ0) is 90.8. The van der Waals surface area contributed by atoms with Crippen LogP contribution in [0, 0.1) is 0 Å². The average molecular weight is 1950 g/mol. The lowest BCUT2D eigenvalue weighted by atomic mass is 9.83. The molecule has 0 N–H and O–H groups in total. The van der Waals surface area contributed by atoms with Crippen molar-refractivity contribution in [3.8, 4) is 69.0 Å². The average Bonchev–Trinajstić information content (AvgIpc) is 0.743. The van der Waals surface area contributed by atoms with E-state index in [9.17, 15) is 156 Å². The molecular weight excluding hydrogens is 1920 g/mol. The molecule has 0 heterocycles. The topological polar surface area (TPSA) is 955 Å². The summed E-state index contributed by atoms with van der Waals surface area (Å²) in [7, 11) is -76.0. The van der Waals surface area contributed by atoms with Crippen molar-refractivity contribution < 1.29 is 263 Å². The maximum absolute atomic E-state index is 15.2. The molecule has 0 radical (unpaired) electrons. The SMILES string of the molecule is O=C(OC1C(OC(=O)c2cc(OS(=O)(=O)[O-])cc(OS(=O)(=O)[O-])c2)C(OC(=O)c2cc(OS(=O)(=O)[O-])cc(OS(=O)(=O)[O-])c2)C(OC(=O)c2cc(OS(=O)(=O)[O-])cc(OS(=O)(=O)[O-])c2)C(OC(=O)c2cc(OS(=O)(=O)[O-])cc(OS(=O)(=O)[O-])c2)C1OC(=O)c1cc(OS(=O)(=O)[O-])cc(OS(=O)(=O)[O-])c1)c1cc(OS(=O)(=O)[O-])cc(OS(=O)(=O)[O-])c1. The standard InChI is InChI=1S/C48H36O60S12/c49-43(19-1-25(97-109(55,56)57)13-26(2-19)98-110(58,59)60)91-37-38(92-44(50)20-3-27(99-111(61,62)63)14-28(4-20)100-112(64,65)66)40(94-46(52)22-7-31(103-115(73,74)75)16-32(8-22)104-116(76,77)78)42(96-48(54)24-11-35(107-119(85,86)87)18-36(12-24)108-120(88,89)90)41(95-47(53)23-9-33(105-117(79,80)81)17-34(10-23)106-118(82,83)84)39(37)93-45(51)21-5-29(101-113(67,68)69)15-30(6-21)102-114(70,71)72/h1-18,37-42H,(H,55,56,57)(H,58,59,60)(H,61,62,63)(H,64,65,66)(H,67,68,69)(H,70,71,72)(H,73,74,75)(H,76,77,78)(H,79,80,81)(H,82,83,84)(H,85,86,87)(H,88,89,90)/p-12. The van der Waals surface area contributed by atoms with Crippen LogP contribution in [0.3, 0.4) is 0 Å². The van der Waals surface area contributed by atoms with Crippen LogP contribution in [0.1, 0.15) is 62.1 Å². The number of carbonyl (C=O) groups excluding carboxylic acids is 6. The molecule has 6 aromatic carbocycles. The van der Waals surface area contributed by atoms with E-state index in [1.54, 1.807) is 0 Å². The van der Waals surface area contributed by atoms with Gasteiger partial charge >= 0.3 is 35.8 Å². The fourth-order valence-electron chi connectivity index (χ4n) is 9.21. The Balaban J connectivity index is 1.78. The van der Waals surface area contributed by atoms with Crippen molar-refractivity contribution in [3.05, 3.63) is 143 Å². The summed E-state index contributed by atoms with van der Waals surface area (Å²) in [6.07, 6.45) is -24.1. The first kappa shape index (κ1) is 95.8. The first-order valence-corrected chi connectivity index (χ1v) is 44.2. The van der Waals surface area contributed by atoms with Crippen LogP contribution in [0.2, 0.25) is 0 Å². The lowest BCUT2D eigenvalue weighted by Crippen LogP contribution is -2.69. The van der Waals surface area contributed by atoms with Gasteiger partial charge in [0.1, 0.15) is 69.0 Å². The summed E-state index contributed by atoms with van der Waals surface area (Å²) in [5, 5.41) is 0. The molecule has 7 rings (SSSR count). The first-order chi connectivity index (χ1) is 54.2. The van der Waals surface area contributed by atoms with Gasteiger partial charge < -0.3 is 133 Å². The van der Waals surface area contributed by atoms with Gasteiger partial charge in [0.25, 0.3) is 125 Å². The lowest BCUT2D eigenvalue weighted by Gasteiger charge is -2.47. The van der Waals surface area contributed by atoms with Gasteiger partial charge in [0, 0.05) is 36.4 Å². The first-order valence-electron chi connectivity index (χ1n) is 28.2. The summed E-state index contributed by atoms with van der Waals surface area (Å²) < 4.78 is 512. The van der Waals surface area contributed by atoms with Crippen LogP contribution in [0.5, 0.6) is 69.0 Å². The second-order valence-corrected chi connectivity index (χ2v) is 33.1. The number of hydrogen-bond acceptors (Lipinski definition) is 60. The summed E-state index contributed by atoms with van der Waals surface area (Å²) in [5.74, 6) is -37.7. The van der Waals surface area contributed by atoms with E-state index in [1.165, 1.54) is 0 Å². The Kier molecular flexibility index (Phi) is 28.1. The minimum Gasteiger partial charge on any atom is -0.716 e. The lowest BCUT2D eigenvalue weighted by molar-refractivity contribution is -0.223. The van der Waals surface area contributed by atoms with E-state index in [-0.39, 0.29) is 109 Å². The van der Waals surface area contributed by atoms with Crippen LogP contribution in [0.25, 0.3) is 0 Å². The maximum atomic E-state index is 15.2. The van der Waals surface area contributed by atoms with Gasteiger partial charge in [0.2, 0.25) is 0 Å². The van der Waals surface area contributed by atoms with E-state index >= 15 is 28.8 Å². The Bertz CT molecular complexity index is 5280. The summed E-state index contributed by atoms with van der Waals surface area (Å²) in [6.45, 7) is 0. The van der Waals surface area contributed by atoms with Crippen LogP contribution in [0.15, 0.2) is 109 Å². The summed E-state index contributed by atoms with van der Waals surface area (Å²) in [5.41, 5.74) is -11.0. The maximum Gasteiger partial charge on any atom is 0.338 e. The number of esters is 6. The Morgan fingerprint density at radius 1 is 0.158 bits per heavy atom. The van der Waals surface area contributed by atoms with Crippen molar-refractivity contribution in [2.75, 3.05) is 0 Å². The van der Waals surface area contributed by atoms with Crippen molar-refractivity contribution in [1.29, 1.82) is 0 Å². The number of rotatable bonds is 36. The molecule has 0 spiro atoms. The molecule has 1 saturated carbocycles. The minimum absolute atomic E-state index is 0.0968. The monoisotopic (exact) mass is 1940 g/mol. The molecule has 72 heteroatoms. The van der Waals surface area contributed by atoms with E-state index in [0.29, 0.717) is 0 Å². The third kappa shape index (κ3) is 32.1. The highest BCUT2D eigenvalue weighted by Crippen LogP contribution is 2.41. The van der Waals surface area contributed by atoms with Crippen molar-refractivity contribution in [2.24, 2.45) is 0 Å². The second-order valence-electron chi connectivity index (χ2n) is 21.3. The largest absolute Gasteiger partial charge is 0.716 e. The predicted octanol–water partition coefficient (Wildman–Crippen LogP) is -6.58. The molecule has 0 unspecified atom stereocenters. The molecule has 0 aliphatic heterocycles. The van der Waals surface area contributed by atoms with Crippen LogP contribution in [0.4, 0.5) is 0 Å². The molecule has 120 heavy (non-hydrogen) atoms. The third-order valence-corrected chi connectivity index (χ3v) is 17.2. The van der Waals surface area contributed by atoms with Crippen molar-refractivity contribution in [1.82, 2.24) is 0 Å². The van der Waals surface area contributed by atoms with Gasteiger partial charge in [0.05, 0.1) is 33.4 Å². The van der Waals surface area contributed by atoms with Gasteiger partial charge in [-0.1, -0.05) is 0 Å². The van der Waals surface area contributed by atoms with Crippen LogP contribution in [-0.2, 0) is 153 Å². The Morgan fingerprint density at radius 3 is 0.300 bits per heavy atom. The van der Waals surface area contributed by atoms with Crippen molar-refractivity contribution in [2.45, 2.75) is 36.6 Å². The van der Waals surface area contributed by atoms with Gasteiger partial charge in [0.15, 0.2) is 36.6 Å². The Labute approximate surface area is 667 Å². The fraction of sp³-hybridized carbons (Fsp3) is 0.125. The van der Waals surface area contributed by atoms with Crippen molar-refractivity contribution in [3.63, 3.8) is 0 Å². The number of benzene rings is 6. The number of carbonyl (C=O) groups is 6. The molecule has 0 aromatic heterocycles. The molecule has 0 saturated heterocycles. The highest BCUT2D eigenvalue weighted by atomic mass is 32.3. The second kappa shape index (κ2) is 35.2. The Morgan fingerprint density at radius 2 is 0.233 bits per heavy atom. The molecule has 0 atom stereocenters. The van der Waals surface area contributed by atoms with E-state index in [0.717, 1.165) is 0 Å². The molecule has 660 valence electrons. The van der Waals surface area contributed by atoms with Crippen LogP contribution >= 0.6 is 0 Å². The quantitative estimate of drug-likeness (QED) is 0.0153. The van der Waals surface area contributed by atoms with Gasteiger partial charge in [-0.3, -0.25) is 0 Å². The van der Waals surface area contributed by atoms with Crippen LogP contribution in [-0.4, -0.2) is 228 Å². The zero-order valence-corrected chi connectivity index (χ0v) is 65.0. The highest BCUT2D eigenvalue weighted by Gasteiger charge is 2.62. The number of ether oxygens (including phenoxy) is 6. The van der Waals surface area contributed by atoms with Crippen molar-refractivity contribution >= 4 is 161 Å². The molecule has 1 aliphatic rings. The molecule has 0 bridgehead atoms. The third-order valence-electron chi connectivity index (χ3n) is 12.5. The minimum atomic E-state index is -6.33. The molecule has 1 aliphatic carbocycles. The van der Waals surface area contributed by atoms with Gasteiger partial charge in [-0.05, 0) is 72.8 Å². The van der Waals surface area contributed by atoms with E-state index in [2.05, 4.69) is 50.2 Å². The van der Waals surface area contributed by atoms with E-state index in [1.807, 2.05) is 0 Å². The summed E-state index contributed by atoms with van der Waals surface area (Å²) in [4.78, 5) is 91.1. The van der Waals surface area contributed by atoms with Gasteiger partial charge in [-0.25, -0.2) is 130 Å². The predicted molar refractivity (Wildman–Crippen MR) is 338 cm³/mol. The molecule has 0 amide bonds. The molecular formula is C48H24O60S12-12. The smallest absolute Gasteiger partial charge is 0.338 e. The highest BCUT2D eigenvalue weighted by molar-refractivity contribution is 7.83. The normalized spacial score (nSPS) is 17.0. The van der Waals surface area contributed by atoms with Gasteiger partial charge in [-0.15, -0.1) is 0 Å². The van der Waals surface area contributed by atoms with Crippen LogP contribution < -0.4 is 50.2 Å². The summed E-state index contributed by atoms with van der Waals surface area (Å²) >= 11 is 0. The zero-order valence-electron chi connectivity index (χ0n) is 55.3. The Hall–Kier alpha value is -11.3. The van der Waals surface area contributed by atoms with E-state index in [4.69, 9.17) is 28.4 Å².